The zero-order chi connectivity index (χ0) is 12.5. The first kappa shape index (κ1) is 12.1. The second-order valence-corrected chi connectivity index (χ2v) is 4.59. The molecule has 0 radical (unpaired) electrons. The van der Waals surface area contributed by atoms with Crippen molar-refractivity contribution in [2.75, 3.05) is 14.2 Å². The summed E-state index contributed by atoms with van der Waals surface area (Å²) < 4.78 is 6.95. The van der Waals surface area contributed by atoms with Crippen LogP contribution in [0.25, 0.3) is 0 Å². The number of carbonyl (C=O) groups is 1. The van der Waals surface area contributed by atoms with Crippen molar-refractivity contribution in [1.82, 2.24) is 14.9 Å². The van der Waals surface area contributed by atoms with Crippen LogP contribution in [0.4, 0.5) is 0 Å². The number of carbonyl (C=O) groups excluding carboxylic acids is 1. The Morgan fingerprint density at radius 3 is 2.82 bits per heavy atom. The van der Waals surface area contributed by atoms with Crippen molar-refractivity contribution < 1.29 is 9.53 Å². The summed E-state index contributed by atoms with van der Waals surface area (Å²) in [5.74, 6) is 1.09. The molecule has 0 aliphatic heterocycles. The predicted octanol–water partition coefficient (Wildman–Crippen LogP) is 0.733. The molecule has 0 amide bonds. The molecule has 2 rings (SSSR count). The van der Waals surface area contributed by atoms with E-state index in [-0.39, 0.29) is 5.97 Å². The quantitative estimate of drug-likeness (QED) is 0.767. The third kappa shape index (κ3) is 2.07. The summed E-state index contributed by atoms with van der Waals surface area (Å²) in [6.45, 7) is 2.51. The van der Waals surface area contributed by atoms with Crippen LogP contribution in [0.5, 0.6) is 0 Å². The zero-order valence-corrected chi connectivity index (χ0v) is 10.6. The topological polar surface area (TPSA) is 56.2 Å². The van der Waals surface area contributed by atoms with E-state index >= 15 is 0 Å². The summed E-state index contributed by atoms with van der Waals surface area (Å²) in [6.07, 6.45) is 5.79. The number of aromatic nitrogens is 2. The van der Waals surface area contributed by atoms with Crippen molar-refractivity contribution in [2.45, 2.75) is 31.8 Å². The lowest BCUT2D eigenvalue weighted by molar-refractivity contribution is -0.150. The molecule has 1 aromatic heterocycles. The maximum Gasteiger partial charge on any atom is 0.328 e. The number of hydrogen-bond donors (Lipinski definition) is 1. The Morgan fingerprint density at radius 1 is 1.71 bits per heavy atom. The average molecular weight is 237 g/mol. The highest BCUT2D eigenvalue weighted by Crippen LogP contribution is 2.41. The number of likely N-dealkylation sites (N-methyl/N-ethyl adjacent to an activating group) is 1. The zero-order valence-electron chi connectivity index (χ0n) is 10.6. The number of nitrogens with zero attached hydrogens (tertiary/aromatic N) is 2. The molecule has 1 atom stereocenters. The lowest BCUT2D eigenvalue weighted by Crippen LogP contribution is -2.56. The standard InChI is InChI=1S/C12H19N3O2/c1-9-14-6-7-15(9)8-12(13-2,10-4-5-10)11(16)17-3/h6-7,10,13H,4-5,8H2,1-3H3. The Bertz CT molecular complexity index is 412. The van der Waals surface area contributed by atoms with Gasteiger partial charge in [0.25, 0.3) is 0 Å². The summed E-state index contributed by atoms with van der Waals surface area (Å²) in [6, 6.07) is 0. The first-order chi connectivity index (χ1) is 8.14. The minimum Gasteiger partial charge on any atom is -0.468 e. The molecule has 5 nitrogen and oxygen atoms in total. The van der Waals surface area contributed by atoms with Gasteiger partial charge in [-0.3, -0.25) is 0 Å². The van der Waals surface area contributed by atoms with Gasteiger partial charge in [-0.25, -0.2) is 9.78 Å². The summed E-state index contributed by atoms with van der Waals surface area (Å²) in [4.78, 5) is 16.2. The van der Waals surface area contributed by atoms with E-state index in [0.29, 0.717) is 12.5 Å². The highest BCUT2D eigenvalue weighted by molar-refractivity contribution is 5.81. The van der Waals surface area contributed by atoms with Crippen molar-refractivity contribution in [3.63, 3.8) is 0 Å². The number of esters is 1. The van der Waals surface area contributed by atoms with Crippen molar-refractivity contribution >= 4 is 5.97 Å². The molecule has 94 valence electrons. The molecular formula is C12H19N3O2. The second-order valence-electron chi connectivity index (χ2n) is 4.59. The van der Waals surface area contributed by atoms with Crippen molar-refractivity contribution in [2.24, 2.45) is 5.92 Å². The van der Waals surface area contributed by atoms with E-state index in [4.69, 9.17) is 4.74 Å². The molecule has 1 N–H and O–H groups in total. The molecule has 0 bridgehead atoms. The van der Waals surface area contributed by atoms with E-state index in [1.54, 1.807) is 6.20 Å². The van der Waals surface area contributed by atoms with Crippen LogP contribution in [-0.4, -0.2) is 35.2 Å². The number of nitrogens with one attached hydrogen (secondary N) is 1. The van der Waals surface area contributed by atoms with Gasteiger partial charge in [-0.15, -0.1) is 0 Å². The van der Waals surface area contributed by atoms with Crippen LogP contribution in [0.15, 0.2) is 12.4 Å². The van der Waals surface area contributed by atoms with E-state index in [0.717, 1.165) is 18.7 Å². The summed E-state index contributed by atoms with van der Waals surface area (Å²) in [7, 11) is 3.26. The van der Waals surface area contributed by atoms with Crippen molar-refractivity contribution in [1.29, 1.82) is 0 Å². The van der Waals surface area contributed by atoms with E-state index < -0.39 is 5.54 Å². The number of imidazole rings is 1. The van der Waals surface area contributed by atoms with E-state index in [9.17, 15) is 4.79 Å². The van der Waals surface area contributed by atoms with Gasteiger partial charge in [-0.05, 0) is 32.7 Å². The third-order valence-corrected chi connectivity index (χ3v) is 3.61. The van der Waals surface area contributed by atoms with Gasteiger partial charge in [0.15, 0.2) is 0 Å². The second kappa shape index (κ2) is 4.49. The maximum atomic E-state index is 12.1. The maximum absolute atomic E-state index is 12.1. The van der Waals surface area contributed by atoms with Gasteiger partial charge in [-0.1, -0.05) is 0 Å². The lowest BCUT2D eigenvalue weighted by Gasteiger charge is -2.31. The fourth-order valence-corrected chi connectivity index (χ4v) is 2.34. The molecule has 0 saturated heterocycles. The van der Waals surface area contributed by atoms with Gasteiger partial charge >= 0.3 is 5.97 Å². The summed E-state index contributed by atoms with van der Waals surface area (Å²) in [5, 5.41) is 3.17. The smallest absolute Gasteiger partial charge is 0.328 e. The Labute approximate surface area is 101 Å². The number of hydrogen-bond acceptors (Lipinski definition) is 4. The number of rotatable bonds is 5. The van der Waals surface area contributed by atoms with E-state index in [1.807, 2.05) is 24.7 Å². The van der Waals surface area contributed by atoms with Crippen molar-refractivity contribution in [3.8, 4) is 0 Å². The Balaban J connectivity index is 2.27. The first-order valence-electron chi connectivity index (χ1n) is 5.89. The van der Waals surface area contributed by atoms with Crippen LogP contribution in [0, 0.1) is 12.8 Å². The fourth-order valence-electron chi connectivity index (χ4n) is 2.34. The number of ether oxygens (including phenoxy) is 1. The molecule has 17 heavy (non-hydrogen) atoms. The Kier molecular flexibility index (Phi) is 3.19. The van der Waals surface area contributed by atoms with E-state index in [2.05, 4.69) is 10.3 Å². The van der Waals surface area contributed by atoms with Crippen LogP contribution in [0.2, 0.25) is 0 Å². The molecule has 1 aromatic rings. The minimum absolute atomic E-state index is 0.185. The molecule has 0 spiro atoms. The van der Waals surface area contributed by atoms with Crippen LogP contribution < -0.4 is 5.32 Å². The first-order valence-corrected chi connectivity index (χ1v) is 5.89. The monoisotopic (exact) mass is 237 g/mol. The van der Waals surface area contributed by atoms with Gasteiger partial charge in [0.1, 0.15) is 11.4 Å². The SMILES string of the molecule is CNC(Cn1ccnc1C)(C(=O)OC)C1CC1. The van der Waals surface area contributed by atoms with Crippen LogP contribution >= 0.6 is 0 Å². The van der Waals surface area contributed by atoms with Gasteiger partial charge < -0.3 is 14.6 Å². The highest BCUT2D eigenvalue weighted by Gasteiger charge is 2.51. The van der Waals surface area contributed by atoms with Crippen LogP contribution in [0.3, 0.4) is 0 Å². The summed E-state index contributed by atoms with van der Waals surface area (Å²) in [5.41, 5.74) is -0.611. The van der Waals surface area contributed by atoms with Gasteiger partial charge in [0, 0.05) is 12.4 Å². The number of methoxy groups -OCH3 is 1. The molecule has 1 aliphatic rings. The molecule has 1 aliphatic carbocycles. The van der Waals surface area contributed by atoms with Crippen LogP contribution in [-0.2, 0) is 16.1 Å². The largest absolute Gasteiger partial charge is 0.468 e. The fraction of sp³-hybridized carbons (Fsp3) is 0.667. The van der Waals surface area contributed by atoms with Crippen molar-refractivity contribution in [3.05, 3.63) is 18.2 Å². The molecular weight excluding hydrogens is 218 g/mol. The molecule has 1 heterocycles. The van der Waals surface area contributed by atoms with Crippen LogP contribution in [0.1, 0.15) is 18.7 Å². The van der Waals surface area contributed by atoms with Gasteiger partial charge in [0.05, 0.1) is 13.7 Å². The predicted molar refractivity (Wildman–Crippen MR) is 63.5 cm³/mol. The lowest BCUT2D eigenvalue weighted by atomic mass is 9.93. The van der Waals surface area contributed by atoms with Gasteiger partial charge in [0.2, 0.25) is 0 Å². The highest BCUT2D eigenvalue weighted by atomic mass is 16.5. The Morgan fingerprint density at radius 2 is 2.41 bits per heavy atom. The number of aryl methyl sites for hydroxylation is 1. The molecule has 1 saturated carbocycles. The normalized spacial score (nSPS) is 18.8. The summed E-state index contributed by atoms with van der Waals surface area (Å²) >= 11 is 0. The minimum atomic E-state index is -0.611. The van der Waals surface area contributed by atoms with Gasteiger partial charge in [-0.2, -0.15) is 0 Å². The average Bonchev–Trinajstić information content (AvgIpc) is 3.11. The molecule has 0 aromatic carbocycles. The third-order valence-electron chi connectivity index (χ3n) is 3.61. The van der Waals surface area contributed by atoms with E-state index in [1.165, 1.54) is 7.11 Å². The molecule has 5 heteroatoms. The molecule has 1 fully saturated rings. The molecule has 1 unspecified atom stereocenters. The Hall–Kier alpha value is -1.36.